The molecular weight excluding hydrogens is 352 g/mol. The monoisotopic (exact) mass is 362 g/mol. The Labute approximate surface area is 131 Å². The molecule has 6 heteroatoms. The number of nitrogens with one attached hydrogen (secondary N) is 1. The summed E-state index contributed by atoms with van der Waals surface area (Å²) < 4.78 is 28.0. The first-order chi connectivity index (χ1) is 10.0. The molecule has 0 aliphatic rings. The van der Waals surface area contributed by atoms with Crippen molar-refractivity contribution in [3.8, 4) is 0 Å². The van der Waals surface area contributed by atoms with Crippen LogP contribution in [0.1, 0.15) is 0 Å². The van der Waals surface area contributed by atoms with Gasteiger partial charge in [0.05, 0.1) is 10.4 Å². The summed E-state index contributed by atoms with van der Waals surface area (Å²) in [7, 11) is -3.59. The Morgan fingerprint density at radius 3 is 2.52 bits per heavy atom. The maximum Gasteiger partial charge on any atom is 0.261 e. The second-order valence-electron chi connectivity index (χ2n) is 4.47. The van der Waals surface area contributed by atoms with E-state index < -0.39 is 10.0 Å². The second kappa shape index (κ2) is 5.46. The van der Waals surface area contributed by atoms with Crippen molar-refractivity contribution in [2.24, 2.45) is 0 Å². The highest BCUT2D eigenvalue weighted by Crippen LogP contribution is 2.21. The molecule has 0 amide bonds. The van der Waals surface area contributed by atoms with Crippen LogP contribution in [-0.2, 0) is 10.0 Å². The number of anilines is 1. The third-order valence-electron chi connectivity index (χ3n) is 2.98. The molecule has 0 saturated heterocycles. The highest BCUT2D eigenvalue weighted by molar-refractivity contribution is 9.10. The zero-order valence-electron chi connectivity index (χ0n) is 10.8. The molecule has 0 aliphatic heterocycles. The molecule has 21 heavy (non-hydrogen) atoms. The van der Waals surface area contributed by atoms with Gasteiger partial charge >= 0.3 is 0 Å². The molecule has 0 radical (unpaired) electrons. The summed E-state index contributed by atoms with van der Waals surface area (Å²) in [6.07, 6.45) is 1.70. The van der Waals surface area contributed by atoms with E-state index >= 15 is 0 Å². The molecule has 4 nitrogen and oxygen atoms in total. The van der Waals surface area contributed by atoms with Crippen molar-refractivity contribution in [2.75, 3.05) is 4.72 Å². The van der Waals surface area contributed by atoms with Crippen LogP contribution >= 0.6 is 15.9 Å². The van der Waals surface area contributed by atoms with Crippen LogP contribution in [0.5, 0.6) is 0 Å². The van der Waals surface area contributed by atoms with Crippen LogP contribution in [0.25, 0.3) is 10.9 Å². The predicted octanol–water partition coefficient (Wildman–Crippen LogP) is 3.80. The third kappa shape index (κ3) is 3.06. The minimum Gasteiger partial charge on any atom is -0.280 e. The maximum absolute atomic E-state index is 12.3. The molecule has 0 atom stereocenters. The van der Waals surface area contributed by atoms with Gasteiger partial charge in [-0.2, -0.15) is 0 Å². The minimum absolute atomic E-state index is 0.219. The Morgan fingerprint density at radius 2 is 1.76 bits per heavy atom. The standard InChI is InChI=1S/C15H11BrN2O2S/c16-12-3-6-14(7-4-12)21(19,20)18-13-5-8-15-11(10-13)2-1-9-17-15/h1-10,18H. The number of benzene rings is 2. The van der Waals surface area contributed by atoms with Crippen LogP contribution in [-0.4, -0.2) is 13.4 Å². The SMILES string of the molecule is O=S(=O)(Nc1ccc2ncccc2c1)c1ccc(Br)cc1. The Hall–Kier alpha value is -1.92. The van der Waals surface area contributed by atoms with Gasteiger partial charge in [0.25, 0.3) is 10.0 Å². The average Bonchev–Trinajstić information content (AvgIpc) is 2.47. The first kappa shape index (κ1) is 14.0. The van der Waals surface area contributed by atoms with Crippen LogP contribution in [0.4, 0.5) is 5.69 Å². The van der Waals surface area contributed by atoms with Crippen LogP contribution in [0, 0.1) is 0 Å². The van der Waals surface area contributed by atoms with Crippen LogP contribution in [0.15, 0.2) is 70.2 Å². The van der Waals surface area contributed by atoms with Crippen LogP contribution in [0.3, 0.4) is 0 Å². The van der Waals surface area contributed by atoms with Gasteiger partial charge < -0.3 is 0 Å². The van der Waals surface area contributed by atoms with Crippen molar-refractivity contribution in [3.05, 3.63) is 65.3 Å². The Bertz CT molecular complexity index is 893. The summed E-state index contributed by atoms with van der Waals surface area (Å²) in [5, 5.41) is 0.883. The van der Waals surface area contributed by atoms with Crippen molar-refractivity contribution in [3.63, 3.8) is 0 Å². The lowest BCUT2D eigenvalue weighted by Gasteiger charge is -2.09. The zero-order chi connectivity index (χ0) is 14.9. The number of nitrogens with zero attached hydrogens (tertiary/aromatic N) is 1. The quantitative estimate of drug-likeness (QED) is 0.770. The normalized spacial score (nSPS) is 11.5. The van der Waals surface area contributed by atoms with Gasteiger partial charge in [0.15, 0.2) is 0 Å². The molecule has 0 aliphatic carbocycles. The van der Waals surface area contributed by atoms with E-state index in [0.29, 0.717) is 5.69 Å². The van der Waals surface area contributed by atoms with Crippen molar-refractivity contribution >= 4 is 42.5 Å². The number of fused-ring (bicyclic) bond motifs is 1. The molecule has 3 rings (SSSR count). The van der Waals surface area contributed by atoms with Crippen molar-refractivity contribution in [1.82, 2.24) is 4.98 Å². The van der Waals surface area contributed by atoms with Gasteiger partial charge in [-0.05, 0) is 48.5 Å². The topological polar surface area (TPSA) is 59.1 Å². The summed E-state index contributed by atoms with van der Waals surface area (Å²) in [6, 6.07) is 15.4. The van der Waals surface area contributed by atoms with E-state index in [2.05, 4.69) is 25.6 Å². The molecule has 1 N–H and O–H groups in total. The van der Waals surface area contributed by atoms with Gasteiger partial charge in [-0.25, -0.2) is 8.42 Å². The summed E-state index contributed by atoms with van der Waals surface area (Å²) in [5.74, 6) is 0. The highest BCUT2D eigenvalue weighted by atomic mass is 79.9. The van der Waals surface area contributed by atoms with E-state index in [4.69, 9.17) is 0 Å². The smallest absolute Gasteiger partial charge is 0.261 e. The fourth-order valence-corrected chi connectivity index (χ4v) is 3.28. The molecule has 0 unspecified atom stereocenters. The van der Waals surface area contributed by atoms with E-state index in [0.717, 1.165) is 15.4 Å². The number of pyridine rings is 1. The number of hydrogen-bond acceptors (Lipinski definition) is 3. The van der Waals surface area contributed by atoms with Gasteiger partial charge in [-0.1, -0.05) is 22.0 Å². The Morgan fingerprint density at radius 1 is 1.00 bits per heavy atom. The third-order valence-corrected chi connectivity index (χ3v) is 4.91. The first-order valence-electron chi connectivity index (χ1n) is 6.18. The minimum atomic E-state index is -3.59. The summed E-state index contributed by atoms with van der Waals surface area (Å²) in [4.78, 5) is 4.42. The maximum atomic E-state index is 12.3. The number of aromatic nitrogens is 1. The highest BCUT2D eigenvalue weighted by Gasteiger charge is 2.14. The van der Waals surface area contributed by atoms with E-state index in [9.17, 15) is 8.42 Å². The molecular formula is C15H11BrN2O2S. The fourth-order valence-electron chi connectivity index (χ4n) is 1.97. The summed E-state index contributed by atoms with van der Waals surface area (Å²) >= 11 is 3.28. The van der Waals surface area contributed by atoms with E-state index in [1.165, 1.54) is 0 Å². The second-order valence-corrected chi connectivity index (χ2v) is 7.07. The molecule has 0 saturated carbocycles. The Balaban J connectivity index is 1.95. The molecule has 0 fully saturated rings. The van der Waals surface area contributed by atoms with Gasteiger partial charge in [0.2, 0.25) is 0 Å². The van der Waals surface area contributed by atoms with E-state index in [-0.39, 0.29) is 4.90 Å². The first-order valence-corrected chi connectivity index (χ1v) is 8.45. The molecule has 2 aromatic carbocycles. The lowest BCUT2D eigenvalue weighted by atomic mass is 10.2. The van der Waals surface area contributed by atoms with Crippen molar-refractivity contribution in [2.45, 2.75) is 4.90 Å². The van der Waals surface area contributed by atoms with Crippen LogP contribution in [0.2, 0.25) is 0 Å². The number of rotatable bonds is 3. The average molecular weight is 363 g/mol. The largest absolute Gasteiger partial charge is 0.280 e. The number of hydrogen-bond donors (Lipinski definition) is 1. The number of halogens is 1. The Kier molecular flexibility index (Phi) is 3.65. The molecule has 0 bridgehead atoms. The molecule has 106 valence electrons. The molecule has 0 spiro atoms. The lowest BCUT2D eigenvalue weighted by molar-refractivity contribution is 0.601. The van der Waals surface area contributed by atoms with E-state index in [1.54, 1.807) is 48.7 Å². The van der Waals surface area contributed by atoms with Gasteiger partial charge in [0.1, 0.15) is 0 Å². The van der Waals surface area contributed by atoms with Crippen molar-refractivity contribution in [1.29, 1.82) is 0 Å². The van der Waals surface area contributed by atoms with Crippen LogP contribution < -0.4 is 4.72 Å². The van der Waals surface area contributed by atoms with E-state index in [1.807, 2.05) is 12.1 Å². The van der Waals surface area contributed by atoms with Gasteiger partial charge in [-0.15, -0.1) is 0 Å². The lowest BCUT2D eigenvalue weighted by Crippen LogP contribution is -2.12. The summed E-state index contributed by atoms with van der Waals surface area (Å²) in [5.41, 5.74) is 1.34. The molecule has 1 aromatic heterocycles. The van der Waals surface area contributed by atoms with Gasteiger partial charge in [0, 0.05) is 21.7 Å². The zero-order valence-corrected chi connectivity index (χ0v) is 13.2. The summed E-state index contributed by atoms with van der Waals surface area (Å²) in [6.45, 7) is 0. The molecule has 1 heterocycles. The predicted molar refractivity (Wildman–Crippen MR) is 86.7 cm³/mol. The number of sulfonamides is 1. The van der Waals surface area contributed by atoms with Gasteiger partial charge in [-0.3, -0.25) is 9.71 Å². The molecule has 3 aromatic rings. The fraction of sp³-hybridized carbons (Fsp3) is 0. The van der Waals surface area contributed by atoms with Crippen molar-refractivity contribution < 1.29 is 8.42 Å².